The number of alkyl halides is 3. The Kier molecular flexibility index (Phi) is 6.07. The van der Waals surface area contributed by atoms with E-state index in [9.17, 15) is 13.2 Å². The Labute approximate surface area is 163 Å². The van der Waals surface area contributed by atoms with E-state index in [1.54, 1.807) is 12.1 Å². The highest BCUT2D eigenvalue weighted by Gasteiger charge is 2.59. The van der Waals surface area contributed by atoms with Gasteiger partial charge in [-0.05, 0) is 31.0 Å². The minimum absolute atomic E-state index is 0.0504. The molecule has 0 spiro atoms. The van der Waals surface area contributed by atoms with Crippen LogP contribution in [-0.4, -0.2) is 44.0 Å². The topological polar surface area (TPSA) is 54.9 Å². The highest BCUT2D eigenvalue weighted by Crippen LogP contribution is 2.52. The molecule has 28 heavy (non-hydrogen) atoms. The van der Waals surface area contributed by atoms with Gasteiger partial charge in [0.15, 0.2) is 12.6 Å². The Balaban J connectivity index is 1.58. The van der Waals surface area contributed by atoms with Gasteiger partial charge < -0.3 is 20.1 Å². The van der Waals surface area contributed by atoms with Gasteiger partial charge in [-0.2, -0.15) is 13.2 Å². The Morgan fingerprint density at radius 2 is 2.00 bits per heavy atom. The van der Waals surface area contributed by atoms with E-state index in [4.69, 9.17) is 9.47 Å². The molecular weight excluding hydrogens is 371 g/mol. The number of rotatable bonds is 6. The summed E-state index contributed by atoms with van der Waals surface area (Å²) in [4.78, 5) is 4.63. The lowest BCUT2D eigenvalue weighted by Gasteiger charge is -2.54. The van der Waals surface area contributed by atoms with E-state index in [-0.39, 0.29) is 11.2 Å². The Morgan fingerprint density at radius 3 is 2.64 bits per heavy atom. The average Bonchev–Trinajstić information content (AvgIpc) is 3.09. The fourth-order valence-electron chi connectivity index (χ4n) is 4.11. The zero-order valence-electron chi connectivity index (χ0n) is 16.5. The van der Waals surface area contributed by atoms with Gasteiger partial charge in [-0.1, -0.05) is 26.0 Å². The first kappa shape index (κ1) is 20.8. The molecule has 8 heteroatoms. The van der Waals surface area contributed by atoms with Crippen LogP contribution in [0.5, 0.6) is 5.75 Å². The number of hydrogen-bond donors (Lipinski definition) is 2. The lowest BCUT2D eigenvalue weighted by atomic mass is 9.57. The largest absolute Gasteiger partial charge is 0.484 e. The van der Waals surface area contributed by atoms with Crippen molar-refractivity contribution < 1.29 is 22.6 Å². The second-order valence-corrected chi connectivity index (χ2v) is 7.93. The molecule has 0 radical (unpaired) electrons. The molecule has 0 aromatic heterocycles. The van der Waals surface area contributed by atoms with Crippen molar-refractivity contribution in [3.63, 3.8) is 0 Å². The van der Waals surface area contributed by atoms with E-state index in [0.717, 1.165) is 31.1 Å². The molecule has 2 fully saturated rings. The summed E-state index contributed by atoms with van der Waals surface area (Å²) in [6.07, 6.45) is -2.98. The Hall–Kier alpha value is -1.96. The van der Waals surface area contributed by atoms with Crippen LogP contribution < -0.4 is 15.4 Å². The molecule has 0 amide bonds. The van der Waals surface area contributed by atoms with Crippen molar-refractivity contribution >= 4 is 5.96 Å². The lowest BCUT2D eigenvalue weighted by molar-refractivity contribution is -0.153. The standard InChI is InChI=1S/C20H28F3N3O2/c1-4-24-18(26-16-15-9-10-27-17(15)19(16,2)3)25-11-13-5-7-14(8-6-13)28-12-20(21,22)23/h5-8,15-17H,4,9-12H2,1-3H3,(H2,24,25,26). The second-order valence-electron chi connectivity index (χ2n) is 7.93. The summed E-state index contributed by atoms with van der Waals surface area (Å²) in [5, 5.41) is 6.81. The van der Waals surface area contributed by atoms with Gasteiger partial charge in [-0.25, -0.2) is 4.99 Å². The highest BCUT2D eigenvalue weighted by atomic mass is 19.4. The SMILES string of the molecule is CCNC(=NCc1ccc(OCC(F)(F)F)cc1)NC1C2CCOC2C1(C)C. The van der Waals surface area contributed by atoms with Crippen molar-refractivity contribution in [3.05, 3.63) is 29.8 Å². The van der Waals surface area contributed by atoms with Gasteiger partial charge in [0.2, 0.25) is 0 Å². The van der Waals surface area contributed by atoms with Crippen LogP contribution in [0.4, 0.5) is 13.2 Å². The van der Waals surface area contributed by atoms with Crippen LogP contribution >= 0.6 is 0 Å². The summed E-state index contributed by atoms with van der Waals surface area (Å²) in [6, 6.07) is 6.83. The molecule has 3 rings (SSSR count). The van der Waals surface area contributed by atoms with Crippen LogP contribution in [0.1, 0.15) is 32.8 Å². The van der Waals surface area contributed by atoms with Crippen molar-refractivity contribution in [2.24, 2.45) is 16.3 Å². The van der Waals surface area contributed by atoms with Gasteiger partial charge in [0.05, 0.1) is 12.6 Å². The fourth-order valence-corrected chi connectivity index (χ4v) is 4.11. The predicted molar refractivity (Wildman–Crippen MR) is 101 cm³/mol. The number of halogens is 3. The number of nitrogens with one attached hydrogen (secondary N) is 2. The molecule has 1 aliphatic heterocycles. The maximum atomic E-state index is 12.2. The maximum absolute atomic E-state index is 12.2. The van der Waals surface area contributed by atoms with Crippen LogP contribution in [0.25, 0.3) is 0 Å². The summed E-state index contributed by atoms with van der Waals surface area (Å²) in [5.41, 5.74) is 0.945. The van der Waals surface area contributed by atoms with E-state index in [2.05, 4.69) is 29.5 Å². The van der Waals surface area contributed by atoms with Crippen molar-refractivity contribution in [2.75, 3.05) is 19.8 Å². The Bertz CT molecular complexity index is 689. The summed E-state index contributed by atoms with van der Waals surface area (Å²) >= 11 is 0. The van der Waals surface area contributed by atoms with Gasteiger partial charge in [-0.15, -0.1) is 0 Å². The first-order valence-electron chi connectivity index (χ1n) is 9.65. The normalized spacial score (nSPS) is 26.4. The zero-order valence-corrected chi connectivity index (χ0v) is 16.5. The van der Waals surface area contributed by atoms with Crippen molar-refractivity contribution in [1.82, 2.24) is 10.6 Å². The molecule has 3 unspecified atom stereocenters. The van der Waals surface area contributed by atoms with Crippen LogP contribution in [0.15, 0.2) is 29.3 Å². The summed E-state index contributed by atoms with van der Waals surface area (Å²) in [7, 11) is 0. The van der Waals surface area contributed by atoms with Gasteiger partial charge in [0, 0.05) is 30.5 Å². The summed E-state index contributed by atoms with van der Waals surface area (Å²) < 4.78 is 47.2. The molecule has 5 nitrogen and oxygen atoms in total. The number of nitrogens with zero attached hydrogens (tertiary/aromatic N) is 1. The molecule has 1 aliphatic carbocycles. The molecule has 3 atom stereocenters. The van der Waals surface area contributed by atoms with Crippen molar-refractivity contribution in [1.29, 1.82) is 0 Å². The summed E-state index contributed by atoms with van der Waals surface area (Å²) in [6.45, 7) is 7.12. The third kappa shape index (κ3) is 4.71. The fraction of sp³-hybridized carbons (Fsp3) is 0.650. The summed E-state index contributed by atoms with van der Waals surface area (Å²) in [5.74, 6) is 1.44. The van der Waals surface area contributed by atoms with Crippen LogP contribution in [0, 0.1) is 11.3 Å². The average molecular weight is 399 g/mol. The van der Waals surface area contributed by atoms with E-state index in [1.165, 1.54) is 12.1 Å². The van der Waals surface area contributed by atoms with Crippen LogP contribution in [-0.2, 0) is 11.3 Å². The first-order chi connectivity index (χ1) is 13.2. The maximum Gasteiger partial charge on any atom is 0.422 e. The number of fused-ring (bicyclic) bond motifs is 1. The number of guanidine groups is 1. The first-order valence-corrected chi connectivity index (χ1v) is 9.65. The Morgan fingerprint density at radius 1 is 1.29 bits per heavy atom. The van der Waals surface area contributed by atoms with Crippen molar-refractivity contribution in [2.45, 2.75) is 52.1 Å². The number of hydrogen-bond acceptors (Lipinski definition) is 3. The molecule has 1 heterocycles. The van der Waals surface area contributed by atoms with E-state index < -0.39 is 12.8 Å². The van der Waals surface area contributed by atoms with E-state index in [1.807, 2.05) is 6.92 Å². The molecule has 0 bridgehead atoms. The molecule has 2 aliphatic rings. The van der Waals surface area contributed by atoms with E-state index in [0.29, 0.717) is 24.6 Å². The van der Waals surface area contributed by atoms with Gasteiger partial charge in [0.25, 0.3) is 0 Å². The molecule has 1 aromatic carbocycles. The van der Waals surface area contributed by atoms with Crippen molar-refractivity contribution in [3.8, 4) is 5.75 Å². The monoisotopic (exact) mass is 399 g/mol. The molecule has 156 valence electrons. The number of ether oxygens (including phenoxy) is 2. The highest BCUT2D eigenvalue weighted by molar-refractivity contribution is 5.80. The molecule has 2 N–H and O–H groups in total. The molecule has 1 aromatic rings. The van der Waals surface area contributed by atoms with Crippen LogP contribution in [0.3, 0.4) is 0 Å². The van der Waals surface area contributed by atoms with Gasteiger partial charge in [-0.3, -0.25) is 0 Å². The quantitative estimate of drug-likeness (QED) is 0.568. The van der Waals surface area contributed by atoms with E-state index >= 15 is 0 Å². The number of aliphatic imine (C=N–C) groups is 1. The molecular formula is C20H28F3N3O2. The second kappa shape index (κ2) is 8.19. The third-order valence-corrected chi connectivity index (χ3v) is 5.48. The van der Waals surface area contributed by atoms with Gasteiger partial charge in [0.1, 0.15) is 5.75 Å². The minimum atomic E-state index is -4.34. The van der Waals surface area contributed by atoms with Gasteiger partial charge >= 0.3 is 6.18 Å². The number of benzene rings is 1. The predicted octanol–water partition coefficient (Wildman–Crippen LogP) is 3.50. The third-order valence-electron chi connectivity index (χ3n) is 5.48. The zero-order chi connectivity index (χ0) is 20.4. The molecule has 1 saturated carbocycles. The molecule has 1 saturated heterocycles. The van der Waals surface area contributed by atoms with Crippen LogP contribution in [0.2, 0.25) is 0 Å². The minimum Gasteiger partial charge on any atom is -0.484 e. The lowest BCUT2D eigenvalue weighted by Crippen LogP contribution is -2.67. The smallest absolute Gasteiger partial charge is 0.422 e.